The fourth-order valence-corrected chi connectivity index (χ4v) is 3.93. The number of nitrogens with two attached hydrogens (primary N) is 2. The molecule has 1 fully saturated rings. The number of nitrogens with zero attached hydrogens (tertiary/aromatic N) is 1. The summed E-state index contributed by atoms with van der Waals surface area (Å²) in [6.07, 6.45) is 0.412. The minimum Gasteiger partial charge on any atom is -0.477 e. The van der Waals surface area contributed by atoms with Gasteiger partial charge in [-0.1, -0.05) is 5.92 Å². The average molecular weight is 630 g/mol. The summed E-state index contributed by atoms with van der Waals surface area (Å²) in [5.74, 6) is 0.254. The van der Waals surface area contributed by atoms with Crippen LogP contribution in [-0.4, -0.2) is 134 Å². The van der Waals surface area contributed by atoms with Crippen molar-refractivity contribution in [3.63, 3.8) is 0 Å². The van der Waals surface area contributed by atoms with E-state index >= 15 is 0 Å². The summed E-state index contributed by atoms with van der Waals surface area (Å²) in [5, 5.41) is 5.13. The van der Waals surface area contributed by atoms with Crippen LogP contribution in [0.5, 0.6) is 0 Å². The van der Waals surface area contributed by atoms with Crippen LogP contribution in [0.4, 0.5) is 9.59 Å². The predicted octanol–water partition coefficient (Wildman–Crippen LogP) is -2.08. The molecule has 0 saturated carbocycles. The number of nitrogens with one attached hydrogen (secondary N) is 2. The Hall–Kier alpha value is -4.31. The lowest BCUT2D eigenvalue weighted by Crippen LogP contribution is -2.61. The van der Waals surface area contributed by atoms with Crippen LogP contribution in [0.3, 0.4) is 0 Å². The molecule has 44 heavy (non-hydrogen) atoms. The van der Waals surface area contributed by atoms with E-state index in [4.69, 9.17) is 60.5 Å². The van der Waals surface area contributed by atoms with E-state index in [1.165, 1.54) is 13.0 Å². The molecule has 2 aliphatic rings. The number of carbonyl (C=O) groups excluding carboxylic acids is 4. The largest absolute Gasteiger partial charge is 0.508 e. The van der Waals surface area contributed by atoms with E-state index in [1.54, 1.807) is 0 Å². The van der Waals surface area contributed by atoms with Crippen molar-refractivity contribution in [2.45, 2.75) is 37.3 Å². The third kappa shape index (κ3) is 12.9. The molecule has 2 rings (SSSR count). The SMILES string of the molecule is C#CCOCCOCCOCCOCCNC(=O)O[C@H](C1COC(=O)O1)[C@@H]1OC(C(=O)OC)=C[C@H](N=C(N)N)[C@H]1NC(C)=O. The minimum absolute atomic E-state index is 0.0395. The van der Waals surface area contributed by atoms with Crippen LogP contribution in [0.15, 0.2) is 16.8 Å². The number of hydrogen-bond donors (Lipinski definition) is 4. The molecule has 5 atom stereocenters. The number of amides is 2. The maximum absolute atomic E-state index is 12.8. The first-order valence-corrected chi connectivity index (χ1v) is 13.5. The highest BCUT2D eigenvalue weighted by Crippen LogP contribution is 2.29. The normalized spacial score (nSPS) is 21.3. The fraction of sp³-hybridized carbons (Fsp3) is 0.654. The van der Waals surface area contributed by atoms with Crippen molar-refractivity contribution >= 4 is 30.1 Å². The number of esters is 1. The monoisotopic (exact) mass is 629 g/mol. The molecular formula is C26H39N5O13. The van der Waals surface area contributed by atoms with E-state index in [0.717, 1.165) is 7.11 Å². The second-order valence-corrected chi connectivity index (χ2v) is 8.98. The Bertz CT molecular complexity index is 1060. The first-order chi connectivity index (χ1) is 21.2. The molecule has 0 spiro atoms. The topological polar surface area (TPSA) is 240 Å². The first-order valence-electron chi connectivity index (χ1n) is 13.5. The zero-order chi connectivity index (χ0) is 32.3. The van der Waals surface area contributed by atoms with Crippen molar-refractivity contribution in [2.24, 2.45) is 16.5 Å². The van der Waals surface area contributed by atoms with Crippen LogP contribution in [0.1, 0.15) is 6.92 Å². The van der Waals surface area contributed by atoms with Gasteiger partial charge in [-0.3, -0.25) is 4.79 Å². The van der Waals surface area contributed by atoms with Gasteiger partial charge in [-0.15, -0.1) is 6.42 Å². The average Bonchev–Trinajstić information content (AvgIpc) is 3.41. The second-order valence-electron chi connectivity index (χ2n) is 8.98. The van der Waals surface area contributed by atoms with Crippen molar-refractivity contribution < 1.29 is 61.8 Å². The van der Waals surface area contributed by atoms with Crippen molar-refractivity contribution in [3.05, 3.63) is 11.8 Å². The number of alkyl carbamates (subject to hydrolysis) is 1. The van der Waals surface area contributed by atoms with E-state index in [9.17, 15) is 19.2 Å². The molecule has 0 bridgehead atoms. The first kappa shape index (κ1) is 35.9. The number of ether oxygens (including phenoxy) is 9. The summed E-state index contributed by atoms with van der Waals surface area (Å²) in [4.78, 5) is 53.0. The quantitative estimate of drug-likeness (QED) is 0.0299. The lowest BCUT2D eigenvalue weighted by atomic mass is 9.92. The zero-order valence-electron chi connectivity index (χ0n) is 24.5. The molecule has 246 valence electrons. The Kier molecular flexibility index (Phi) is 16.1. The predicted molar refractivity (Wildman–Crippen MR) is 149 cm³/mol. The summed E-state index contributed by atoms with van der Waals surface area (Å²) in [6.45, 7) is 3.39. The van der Waals surface area contributed by atoms with E-state index in [2.05, 4.69) is 21.5 Å². The molecule has 0 aromatic heterocycles. The van der Waals surface area contributed by atoms with Gasteiger partial charge in [0.15, 0.2) is 24.3 Å². The molecule has 2 aliphatic heterocycles. The van der Waals surface area contributed by atoms with Gasteiger partial charge in [0.2, 0.25) is 11.7 Å². The molecule has 0 radical (unpaired) electrons. The van der Waals surface area contributed by atoms with Gasteiger partial charge in [0.05, 0.1) is 65.4 Å². The molecule has 18 heteroatoms. The zero-order valence-corrected chi connectivity index (χ0v) is 24.5. The van der Waals surface area contributed by atoms with Crippen molar-refractivity contribution in [3.8, 4) is 12.3 Å². The molecule has 1 unspecified atom stereocenters. The maximum atomic E-state index is 12.8. The van der Waals surface area contributed by atoms with Crippen LogP contribution in [-0.2, 0) is 52.2 Å². The number of terminal acetylenes is 1. The molecule has 2 heterocycles. The number of cyclic esters (lactones) is 2. The smallest absolute Gasteiger partial charge is 0.477 e. The van der Waals surface area contributed by atoms with E-state index < -0.39 is 54.5 Å². The lowest BCUT2D eigenvalue weighted by molar-refractivity contribution is -0.147. The lowest BCUT2D eigenvalue weighted by Gasteiger charge is -2.39. The highest BCUT2D eigenvalue weighted by atomic mass is 16.8. The number of hydrogen-bond acceptors (Lipinski definition) is 14. The van der Waals surface area contributed by atoms with Crippen LogP contribution in [0, 0.1) is 12.3 Å². The van der Waals surface area contributed by atoms with Gasteiger partial charge in [0.25, 0.3) is 0 Å². The van der Waals surface area contributed by atoms with Gasteiger partial charge < -0.3 is 64.7 Å². The third-order valence-electron chi connectivity index (χ3n) is 5.73. The molecule has 0 aromatic carbocycles. The number of carbonyl (C=O) groups is 4. The summed E-state index contributed by atoms with van der Waals surface area (Å²) in [7, 11) is 1.12. The fourth-order valence-electron chi connectivity index (χ4n) is 3.93. The standard InChI is InChI=1S/C26H39N5O13/c1-4-6-37-8-10-39-12-13-40-11-9-38-7-5-29-25(34)44-21(19-15-41-26(35)43-19)22-20(30-16(2)32)17(31-24(27)28)14-18(42-22)23(33)36-3/h1,14,17,19-22H,5-13,15H2,2-3H3,(H,29,34)(H,30,32)(H4,27,28,31)/t17-,19?,20+,21+,22+/m0/s1. The Balaban J connectivity index is 1.94. The maximum Gasteiger partial charge on any atom is 0.508 e. The van der Waals surface area contributed by atoms with E-state index in [-0.39, 0.29) is 44.7 Å². The Morgan fingerprint density at radius 2 is 1.70 bits per heavy atom. The summed E-state index contributed by atoms with van der Waals surface area (Å²) >= 11 is 0. The Morgan fingerprint density at radius 3 is 2.25 bits per heavy atom. The molecular weight excluding hydrogens is 590 g/mol. The van der Waals surface area contributed by atoms with Gasteiger partial charge in [-0.25, -0.2) is 19.4 Å². The highest BCUT2D eigenvalue weighted by Gasteiger charge is 2.50. The third-order valence-corrected chi connectivity index (χ3v) is 5.73. The van der Waals surface area contributed by atoms with Gasteiger partial charge >= 0.3 is 18.2 Å². The number of aliphatic imine (C=N–C) groups is 1. The van der Waals surface area contributed by atoms with Crippen LogP contribution < -0.4 is 22.1 Å². The summed E-state index contributed by atoms with van der Waals surface area (Å²) in [6, 6.07) is -2.14. The molecule has 1 saturated heterocycles. The second kappa shape index (κ2) is 19.8. The number of guanidine groups is 1. The number of rotatable bonds is 19. The number of methoxy groups -OCH3 is 1. The van der Waals surface area contributed by atoms with Crippen LogP contribution in [0.2, 0.25) is 0 Å². The molecule has 0 aromatic rings. The Morgan fingerprint density at radius 1 is 1.07 bits per heavy atom. The molecule has 2 amide bonds. The van der Waals surface area contributed by atoms with Crippen molar-refractivity contribution in [1.82, 2.24) is 10.6 Å². The Labute approximate surface area is 254 Å². The van der Waals surface area contributed by atoms with Crippen LogP contribution in [0.25, 0.3) is 0 Å². The molecule has 6 N–H and O–H groups in total. The summed E-state index contributed by atoms with van der Waals surface area (Å²) in [5.41, 5.74) is 11.1. The van der Waals surface area contributed by atoms with Gasteiger partial charge in [0, 0.05) is 13.5 Å². The highest BCUT2D eigenvalue weighted by molar-refractivity contribution is 5.87. The van der Waals surface area contributed by atoms with E-state index in [0.29, 0.717) is 33.0 Å². The van der Waals surface area contributed by atoms with Gasteiger partial charge in [-0.05, 0) is 6.08 Å². The van der Waals surface area contributed by atoms with Gasteiger partial charge in [0.1, 0.15) is 13.2 Å². The minimum atomic E-state index is -1.41. The van der Waals surface area contributed by atoms with Crippen molar-refractivity contribution in [2.75, 3.05) is 73.1 Å². The summed E-state index contributed by atoms with van der Waals surface area (Å²) < 4.78 is 47.3. The molecule has 18 nitrogen and oxygen atoms in total. The van der Waals surface area contributed by atoms with E-state index in [1.807, 2.05) is 0 Å². The van der Waals surface area contributed by atoms with Gasteiger partial charge in [-0.2, -0.15) is 0 Å². The van der Waals surface area contributed by atoms with Crippen LogP contribution >= 0.6 is 0 Å². The molecule has 0 aliphatic carbocycles. The van der Waals surface area contributed by atoms with Crippen molar-refractivity contribution in [1.29, 1.82) is 0 Å².